The van der Waals surface area contributed by atoms with Gasteiger partial charge in [0.15, 0.2) is 5.82 Å². The van der Waals surface area contributed by atoms with Crippen molar-refractivity contribution in [3.63, 3.8) is 0 Å². The molecule has 0 atom stereocenters. The monoisotopic (exact) mass is 396 g/mol. The van der Waals surface area contributed by atoms with Crippen LogP contribution in [0.4, 0.5) is 5.69 Å². The van der Waals surface area contributed by atoms with Crippen molar-refractivity contribution in [1.82, 2.24) is 14.9 Å². The van der Waals surface area contributed by atoms with Crippen LogP contribution in [-0.4, -0.2) is 26.9 Å². The summed E-state index contributed by atoms with van der Waals surface area (Å²) < 4.78 is 1.91. The third-order valence-corrected chi connectivity index (χ3v) is 5.01. The Balaban J connectivity index is 1.96. The fraction of sp³-hybridized carbons (Fsp3) is 0.522. The Morgan fingerprint density at radius 3 is 2.34 bits per heavy atom. The number of hydrogen-bond acceptors (Lipinski definition) is 3. The van der Waals surface area contributed by atoms with Gasteiger partial charge >= 0.3 is 0 Å². The van der Waals surface area contributed by atoms with E-state index in [1.165, 1.54) is 0 Å². The Kier molecular flexibility index (Phi) is 5.57. The number of benzene rings is 1. The second kappa shape index (κ2) is 7.65. The third-order valence-electron chi connectivity index (χ3n) is 5.01. The molecule has 6 nitrogen and oxygen atoms in total. The Hall–Kier alpha value is -2.63. The van der Waals surface area contributed by atoms with Gasteiger partial charge in [-0.2, -0.15) is 0 Å². The zero-order valence-electron chi connectivity index (χ0n) is 18.3. The van der Waals surface area contributed by atoms with Gasteiger partial charge < -0.3 is 15.2 Å². The highest BCUT2D eigenvalue weighted by Crippen LogP contribution is 2.30. The number of anilines is 1. The molecule has 29 heavy (non-hydrogen) atoms. The summed E-state index contributed by atoms with van der Waals surface area (Å²) in [6.45, 7) is 12.9. The van der Waals surface area contributed by atoms with Crippen LogP contribution in [-0.2, 0) is 18.4 Å². The van der Waals surface area contributed by atoms with Crippen molar-refractivity contribution in [2.24, 2.45) is 0 Å². The molecule has 2 heterocycles. The lowest BCUT2D eigenvalue weighted by Gasteiger charge is -2.23. The number of fused-ring (bicyclic) bond motifs is 1. The smallest absolute Gasteiger partial charge is 0.291 e. The van der Waals surface area contributed by atoms with Crippen molar-refractivity contribution in [2.75, 3.05) is 5.32 Å². The fourth-order valence-corrected chi connectivity index (χ4v) is 3.72. The van der Waals surface area contributed by atoms with Crippen LogP contribution in [0.1, 0.15) is 86.7 Å². The van der Waals surface area contributed by atoms with Gasteiger partial charge in [0, 0.05) is 17.8 Å². The first kappa shape index (κ1) is 21.1. The molecule has 1 aromatic heterocycles. The molecular formula is C23H32N4O2. The molecule has 6 heteroatoms. The first-order valence-corrected chi connectivity index (χ1v) is 10.3. The number of nitrogens with zero attached hydrogens (tertiary/aromatic N) is 2. The molecule has 2 N–H and O–H groups in total. The number of imidazole rings is 1. The van der Waals surface area contributed by atoms with Gasteiger partial charge in [-0.15, -0.1) is 0 Å². The molecule has 0 aliphatic carbocycles. The number of carbonyl (C=O) groups excluding carboxylic acids is 2. The summed E-state index contributed by atoms with van der Waals surface area (Å²) in [5, 5.41) is 6.00. The maximum absolute atomic E-state index is 13.2. The van der Waals surface area contributed by atoms with Gasteiger partial charge in [-0.1, -0.05) is 39.0 Å². The lowest BCUT2D eigenvalue weighted by molar-refractivity contribution is 0.0913. The summed E-state index contributed by atoms with van der Waals surface area (Å²) in [6, 6.07) is 7.82. The summed E-state index contributed by atoms with van der Waals surface area (Å²) >= 11 is 0. The number of nitrogens with one attached hydrogen (secondary N) is 2. The van der Waals surface area contributed by atoms with Crippen molar-refractivity contribution >= 4 is 17.5 Å². The van der Waals surface area contributed by atoms with Gasteiger partial charge in [0.25, 0.3) is 11.8 Å². The normalized spacial score (nSPS) is 14.3. The summed E-state index contributed by atoms with van der Waals surface area (Å²) in [4.78, 5) is 30.5. The molecule has 2 amide bonds. The Labute approximate surface area is 173 Å². The SMILES string of the molecule is CC(C)(C)NC(=O)c1nc(C(=O)Nc2ccccc2C(C)(C)C)n2c1CCCC2. The van der Waals surface area contributed by atoms with E-state index in [2.05, 4.69) is 36.4 Å². The average molecular weight is 397 g/mol. The predicted octanol–water partition coefficient (Wildman–Crippen LogP) is 4.30. The van der Waals surface area contributed by atoms with E-state index in [0.29, 0.717) is 18.1 Å². The van der Waals surface area contributed by atoms with Crippen molar-refractivity contribution < 1.29 is 9.59 Å². The summed E-state index contributed by atoms with van der Waals surface area (Å²) in [6.07, 6.45) is 2.73. The molecule has 2 aromatic rings. The van der Waals surface area contributed by atoms with Gasteiger partial charge in [-0.3, -0.25) is 9.59 Å². The van der Waals surface area contributed by atoms with Crippen LogP contribution >= 0.6 is 0 Å². The molecule has 0 bridgehead atoms. The fourth-order valence-electron chi connectivity index (χ4n) is 3.72. The molecule has 1 aliphatic rings. The third kappa shape index (κ3) is 4.69. The summed E-state index contributed by atoms with van der Waals surface area (Å²) in [7, 11) is 0. The molecule has 0 saturated carbocycles. The number of hydrogen-bond donors (Lipinski definition) is 2. The van der Waals surface area contributed by atoms with Crippen LogP contribution < -0.4 is 10.6 Å². The molecule has 1 aromatic carbocycles. The highest BCUT2D eigenvalue weighted by atomic mass is 16.2. The molecule has 1 aliphatic heterocycles. The summed E-state index contributed by atoms with van der Waals surface area (Å²) in [5.74, 6) is -0.195. The number of rotatable bonds is 3. The maximum Gasteiger partial charge on any atom is 0.291 e. The van der Waals surface area contributed by atoms with E-state index < -0.39 is 0 Å². The van der Waals surface area contributed by atoms with E-state index in [1.54, 1.807) is 0 Å². The largest absolute Gasteiger partial charge is 0.346 e. The minimum absolute atomic E-state index is 0.104. The van der Waals surface area contributed by atoms with E-state index in [1.807, 2.05) is 49.6 Å². The van der Waals surface area contributed by atoms with E-state index in [9.17, 15) is 9.59 Å². The van der Waals surface area contributed by atoms with Gasteiger partial charge in [0.2, 0.25) is 0 Å². The topological polar surface area (TPSA) is 76.0 Å². The van der Waals surface area contributed by atoms with Crippen molar-refractivity contribution in [3.05, 3.63) is 47.0 Å². The number of aromatic nitrogens is 2. The van der Waals surface area contributed by atoms with Gasteiger partial charge in [-0.25, -0.2) is 4.98 Å². The van der Waals surface area contributed by atoms with Crippen molar-refractivity contribution in [3.8, 4) is 0 Å². The molecule has 156 valence electrons. The minimum atomic E-state index is -0.365. The zero-order valence-corrected chi connectivity index (χ0v) is 18.3. The molecule has 0 fully saturated rings. The van der Waals surface area contributed by atoms with Crippen LogP contribution in [0.3, 0.4) is 0 Å². The second-order valence-corrected chi connectivity index (χ2v) is 9.79. The zero-order chi connectivity index (χ0) is 21.4. The van der Waals surface area contributed by atoms with Crippen LogP contribution in [0.15, 0.2) is 24.3 Å². The molecule has 0 radical (unpaired) electrons. The van der Waals surface area contributed by atoms with Crippen LogP contribution in [0, 0.1) is 0 Å². The van der Waals surface area contributed by atoms with Crippen LogP contribution in [0.25, 0.3) is 0 Å². The quantitative estimate of drug-likeness (QED) is 0.812. The Morgan fingerprint density at radius 1 is 1.00 bits per heavy atom. The van der Waals surface area contributed by atoms with Gasteiger partial charge in [0.05, 0.1) is 5.69 Å². The number of para-hydroxylation sites is 1. The molecule has 0 unspecified atom stereocenters. The standard InChI is InChI=1S/C23H32N4O2/c1-22(2,3)15-11-7-8-12-16(15)24-21(29)19-25-18(20(28)26-23(4,5)6)17-13-9-10-14-27(17)19/h7-8,11-12H,9-10,13-14H2,1-6H3,(H,24,29)(H,26,28). The van der Waals surface area contributed by atoms with E-state index in [0.717, 1.165) is 36.2 Å². The van der Waals surface area contributed by atoms with E-state index in [-0.39, 0.29) is 22.8 Å². The molecule has 0 saturated heterocycles. The molecule has 3 rings (SSSR count). The van der Waals surface area contributed by atoms with Gasteiger partial charge in [0.1, 0.15) is 5.69 Å². The van der Waals surface area contributed by atoms with E-state index >= 15 is 0 Å². The van der Waals surface area contributed by atoms with E-state index in [4.69, 9.17) is 0 Å². The molecular weight excluding hydrogens is 364 g/mol. The Morgan fingerprint density at radius 2 is 1.69 bits per heavy atom. The van der Waals surface area contributed by atoms with Crippen LogP contribution in [0.2, 0.25) is 0 Å². The van der Waals surface area contributed by atoms with Gasteiger partial charge in [-0.05, 0) is 57.1 Å². The Bertz CT molecular complexity index is 929. The maximum atomic E-state index is 13.2. The number of amides is 2. The highest BCUT2D eigenvalue weighted by Gasteiger charge is 2.29. The first-order chi connectivity index (χ1) is 13.5. The van der Waals surface area contributed by atoms with Crippen LogP contribution in [0.5, 0.6) is 0 Å². The van der Waals surface area contributed by atoms with Crippen molar-refractivity contribution in [1.29, 1.82) is 0 Å². The lowest BCUT2D eigenvalue weighted by atomic mass is 9.86. The molecule has 0 spiro atoms. The number of carbonyl (C=O) groups is 2. The van der Waals surface area contributed by atoms with Crippen molar-refractivity contribution in [2.45, 2.75) is 78.3 Å². The predicted molar refractivity (Wildman–Crippen MR) is 115 cm³/mol. The highest BCUT2D eigenvalue weighted by molar-refractivity contribution is 6.04. The minimum Gasteiger partial charge on any atom is -0.346 e. The lowest BCUT2D eigenvalue weighted by Crippen LogP contribution is -2.41. The first-order valence-electron chi connectivity index (χ1n) is 10.3. The second-order valence-electron chi connectivity index (χ2n) is 9.79. The summed E-state index contributed by atoms with van der Waals surface area (Å²) in [5.41, 5.74) is 2.59. The average Bonchev–Trinajstić information content (AvgIpc) is 3.00.